The maximum atomic E-state index is 9.49. The first kappa shape index (κ1) is 34.3. The Kier molecular flexibility index (Phi) is 16.6. The third kappa shape index (κ3) is 9.85. The molecule has 0 aliphatic heterocycles. The van der Waals surface area contributed by atoms with Gasteiger partial charge in [-0.25, -0.2) is 0 Å². The first-order valence-corrected chi connectivity index (χ1v) is 20.2. The molecule has 3 aromatic carbocycles. The predicted molar refractivity (Wildman–Crippen MR) is 216 cm³/mol. The van der Waals surface area contributed by atoms with Crippen molar-refractivity contribution < 1.29 is 9.90 Å². The molecule has 0 radical (unpaired) electrons. The van der Waals surface area contributed by atoms with E-state index >= 15 is 0 Å². The molecule has 3 aromatic rings. The van der Waals surface area contributed by atoms with Crippen LogP contribution in [0.1, 0.15) is 19.8 Å². The van der Waals surface area contributed by atoms with E-state index in [1.807, 2.05) is 0 Å². The maximum Gasteiger partial charge on any atom is 0.193 e. The van der Waals surface area contributed by atoms with Crippen LogP contribution >= 0.6 is 203 Å². The highest BCUT2D eigenvalue weighted by molar-refractivity contribution is 14.1. The molecule has 0 fully saturated rings. The molecule has 2 nitrogen and oxygen atoms in total. The normalized spacial score (nSPS) is 10.8. The maximum absolute atomic E-state index is 9.49. The minimum atomic E-state index is -0.961. The third-order valence-electron chi connectivity index (χ3n) is 3.96. The van der Waals surface area contributed by atoms with Crippen molar-refractivity contribution in [2.45, 2.75) is 34.5 Å². The second-order valence-electron chi connectivity index (χ2n) is 6.52. The molecule has 0 N–H and O–H groups in total. The summed E-state index contributed by atoms with van der Waals surface area (Å²) in [4.78, 5) is 13.8. The molecule has 0 spiro atoms. The van der Waals surface area contributed by atoms with Gasteiger partial charge in [-0.2, -0.15) is 0 Å². The largest absolute Gasteiger partial charge is 0.550 e. The Morgan fingerprint density at radius 2 is 0.853 bits per heavy atom. The van der Waals surface area contributed by atoms with Crippen LogP contribution < -0.4 is 5.11 Å². The van der Waals surface area contributed by atoms with Gasteiger partial charge in [-0.3, -0.25) is 0 Å². The molecule has 12 heteroatoms. The fourth-order valence-electron chi connectivity index (χ4n) is 2.68. The number of carbonyl (C=O) groups is 1. The molecular formula is C22H13I9O2S. The lowest BCUT2D eigenvalue weighted by atomic mass is 10.3. The summed E-state index contributed by atoms with van der Waals surface area (Å²) in [5.74, 6) is -0.961. The van der Waals surface area contributed by atoms with Crippen molar-refractivity contribution in [2.75, 3.05) is 0 Å². The van der Waals surface area contributed by atoms with Crippen molar-refractivity contribution >= 4 is 220 Å². The topological polar surface area (TPSA) is 40.1 Å². The summed E-state index contributed by atoms with van der Waals surface area (Å²) in [6, 6.07) is 13.8. The standard InChI is InChI=1S/C18H6I9S.C4H8O2/c19-7-1-10(22)16(11(23)2-7)28(17-12(24)3-8(20)4-13(17)25)18-14(26)5-9(21)6-15(18)27;1-2-3-4(5)6/h1-6H;2-3H2,1H3,(H,5,6)/q+1;/p-1. The Hall–Kier alpha value is 4.05. The van der Waals surface area contributed by atoms with E-state index in [0.29, 0.717) is 6.42 Å². The minimum Gasteiger partial charge on any atom is -0.550 e. The molecule has 0 aliphatic carbocycles. The highest BCUT2D eigenvalue weighted by Gasteiger charge is 2.40. The smallest absolute Gasteiger partial charge is 0.193 e. The van der Waals surface area contributed by atoms with Crippen LogP contribution in [-0.2, 0) is 15.7 Å². The van der Waals surface area contributed by atoms with Crippen LogP contribution in [-0.4, -0.2) is 5.97 Å². The van der Waals surface area contributed by atoms with Crippen molar-refractivity contribution in [2.24, 2.45) is 0 Å². The van der Waals surface area contributed by atoms with Crippen LogP contribution in [0.4, 0.5) is 0 Å². The molecule has 3 rings (SSSR count). The van der Waals surface area contributed by atoms with E-state index in [9.17, 15) is 9.90 Å². The summed E-state index contributed by atoms with van der Waals surface area (Å²) >= 11 is 22.4. The van der Waals surface area contributed by atoms with Gasteiger partial charge in [0.2, 0.25) is 0 Å². The number of aliphatic carboxylic acids is 1. The van der Waals surface area contributed by atoms with Crippen LogP contribution in [0.3, 0.4) is 0 Å². The molecular weight excluding hydrogens is 1470 g/mol. The minimum absolute atomic E-state index is 0.164. The third-order valence-corrected chi connectivity index (χ3v) is 15.7. The fourth-order valence-corrected chi connectivity index (χ4v) is 19.5. The average Bonchev–Trinajstić information content (AvgIpc) is 2.65. The SMILES string of the molecule is CCCC(=O)[O-].Ic1cc(I)c([S+](c2c(I)cc(I)cc2I)c2c(I)cc(I)cc2I)c(I)c1. The molecule has 0 saturated carbocycles. The van der Waals surface area contributed by atoms with Gasteiger partial charge in [-0.15, -0.1) is 0 Å². The van der Waals surface area contributed by atoms with Crippen LogP contribution in [0.15, 0.2) is 51.1 Å². The van der Waals surface area contributed by atoms with E-state index in [1.165, 1.54) is 46.8 Å². The van der Waals surface area contributed by atoms with Crippen LogP contribution in [0.2, 0.25) is 0 Å². The van der Waals surface area contributed by atoms with Gasteiger partial charge in [0.15, 0.2) is 14.7 Å². The predicted octanol–water partition coefficient (Wildman–Crippen LogP) is 9.76. The average molecular weight is 1480 g/mol. The van der Waals surface area contributed by atoms with Crippen molar-refractivity contribution in [3.8, 4) is 0 Å². The highest BCUT2D eigenvalue weighted by Crippen LogP contribution is 2.44. The number of halogens is 9. The summed E-state index contributed by atoms with van der Waals surface area (Å²) in [7, 11) is -0.164. The number of hydrogen-bond donors (Lipinski definition) is 0. The first-order chi connectivity index (χ1) is 15.9. The molecule has 0 bridgehead atoms. The summed E-state index contributed by atoms with van der Waals surface area (Å²) < 4.78 is 11.9. The second-order valence-corrected chi connectivity index (χ2v) is 19.1. The summed E-state index contributed by atoms with van der Waals surface area (Å²) in [5, 5.41) is 9.49. The number of carboxylic acids is 1. The van der Waals surface area contributed by atoms with Crippen molar-refractivity contribution in [3.05, 3.63) is 68.5 Å². The summed E-state index contributed by atoms with van der Waals surface area (Å²) in [6.45, 7) is 1.80. The number of benzene rings is 3. The Morgan fingerprint density at radius 3 is 1.00 bits per heavy atom. The van der Waals surface area contributed by atoms with Crippen LogP contribution in [0.5, 0.6) is 0 Å². The molecule has 0 amide bonds. The Bertz CT molecular complexity index is 1010. The molecule has 0 atom stereocenters. The van der Waals surface area contributed by atoms with Gasteiger partial charge in [0.1, 0.15) is 10.9 Å². The second kappa shape index (κ2) is 16.5. The molecule has 0 saturated heterocycles. The number of carbonyl (C=O) groups excluding carboxylic acids is 1. The van der Waals surface area contributed by atoms with E-state index in [2.05, 4.69) is 240 Å². The van der Waals surface area contributed by atoms with Gasteiger partial charge in [0, 0.05) is 16.7 Å². The number of carboxylic acid groups (broad SMARTS) is 1. The summed E-state index contributed by atoms with van der Waals surface area (Å²) in [5.41, 5.74) is 0. The van der Waals surface area contributed by atoms with Gasteiger partial charge in [-0.05, 0) is 246 Å². The van der Waals surface area contributed by atoms with Crippen molar-refractivity contribution in [1.29, 1.82) is 0 Å². The van der Waals surface area contributed by atoms with E-state index in [4.69, 9.17) is 0 Å². The first-order valence-electron chi connectivity index (χ1n) is 9.25. The number of hydrogen-bond acceptors (Lipinski definition) is 2. The highest BCUT2D eigenvalue weighted by atomic mass is 127. The monoisotopic (exact) mass is 1480 g/mol. The van der Waals surface area contributed by atoms with E-state index < -0.39 is 5.97 Å². The Morgan fingerprint density at radius 1 is 0.618 bits per heavy atom. The van der Waals surface area contributed by atoms with Crippen molar-refractivity contribution in [3.63, 3.8) is 0 Å². The lowest BCUT2D eigenvalue weighted by molar-refractivity contribution is -0.305. The van der Waals surface area contributed by atoms with E-state index in [1.54, 1.807) is 6.92 Å². The van der Waals surface area contributed by atoms with E-state index in [0.717, 1.165) is 0 Å². The molecule has 0 heterocycles. The van der Waals surface area contributed by atoms with Gasteiger partial charge >= 0.3 is 0 Å². The van der Waals surface area contributed by atoms with Gasteiger partial charge in [0.25, 0.3) is 0 Å². The van der Waals surface area contributed by atoms with Crippen LogP contribution in [0.25, 0.3) is 0 Å². The quantitative estimate of drug-likeness (QED) is 0.189. The van der Waals surface area contributed by atoms with Gasteiger partial charge < -0.3 is 9.90 Å². The fraction of sp³-hybridized carbons (Fsp3) is 0.136. The molecule has 34 heavy (non-hydrogen) atoms. The molecule has 0 aromatic heterocycles. The number of rotatable bonds is 5. The zero-order valence-corrected chi connectivity index (χ0v) is 37.2. The lowest BCUT2D eigenvalue weighted by Crippen LogP contribution is -2.20. The molecule has 0 unspecified atom stereocenters. The lowest BCUT2D eigenvalue weighted by Gasteiger charge is -2.17. The van der Waals surface area contributed by atoms with Crippen LogP contribution in [0, 0.1) is 32.1 Å². The Labute approximate surface area is 325 Å². The van der Waals surface area contributed by atoms with Gasteiger partial charge in [0.05, 0.1) is 21.4 Å². The Balaban J connectivity index is 0.000000604. The molecule has 0 aliphatic rings. The van der Waals surface area contributed by atoms with Gasteiger partial charge in [-0.1, -0.05) is 13.3 Å². The zero-order valence-electron chi connectivity index (χ0n) is 17.0. The van der Waals surface area contributed by atoms with Crippen molar-refractivity contribution in [1.82, 2.24) is 0 Å². The van der Waals surface area contributed by atoms with E-state index in [-0.39, 0.29) is 17.3 Å². The zero-order chi connectivity index (χ0) is 25.7. The molecule has 182 valence electrons. The summed E-state index contributed by atoms with van der Waals surface area (Å²) in [6.07, 6.45) is 0.850.